The van der Waals surface area contributed by atoms with Crippen LogP contribution in [0.1, 0.15) is 16.1 Å². The summed E-state index contributed by atoms with van der Waals surface area (Å²) in [6.07, 6.45) is 1.51. The minimum absolute atomic E-state index is 0.203. The molecule has 0 bridgehead atoms. The van der Waals surface area contributed by atoms with Gasteiger partial charge in [-0.25, -0.2) is 9.18 Å². The van der Waals surface area contributed by atoms with Crippen molar-refractivity contribution in [1.29, 1.82) is 0 Å². The van der Waals surface area contributed by atoms with Crippen molar-refractivity contribution in [2.45, 2.75) is 5.41 Å². The van der Waals surface area contributed by atoms with Crippen LogP contribution in [0.5, 0.6) is 5.75 Å². The number of anilines is 2. The number of ether oxygens (including phenoxy) is 1. The van der Waals surface area contributed by atoms with Crippen LogP contribution in [0, 0.1) is 5.82 Å². The smallest absolute Gasteiger partial charge is 0.407 e. The fourth-order valence-corrected chi connectivity index (χ4v) is 4.75. The molecule has 170 valence electrons. The summed E-state index contributed by atoms with van der Waals surface area (Å²) < 4.78 is 20.2. The zero-order valence-corrected chi connectivity index (χ0v) is 18.2. The Bertz CT molecular complexity index is 1290. The number of para-hydroxylation sites is 1. The van der Waals surface area contributed by atoms with Crippen LogP contribution in [0.4, 0.5) is 20.6 Å². The number of carbonyl (C=O) groups excluding carboxylic acids is 1. The van der Waals surface area contributed by atoms with Crippen LogP contribution in [-0.4, -0.2) is 58.7 Å². The molecular weight excluding hydrogens is 453 g/mol. The van der Waals surface area contributed by atoms with Gasteiger partial charge in [0.1, 0.15) is 0 Å². The Kier molecular flexibility index (Phi) is 4.89. The van der Waals surface area contributed by atoms with Crippen molar-refractivity contribution in [3.8, 4) is 17.0 Å². The molecule has 0 radical (unpaired) electrons. The zero-order chi connectivity index (χ0) is 23.3. The van der Waals surface area contributed by atoms with E-state index >= 15 is 0 Å². The molecule has 1 spiro atoms. The summed E-state index contributed by atoms with van der Waals surface area (Å²) in [6, 6.07) is 6.61. The molecule has 0 saturated carbocycles. The quantitative estimate of drug-likeness (QED) is 0.461. The second kappa shape index (κ2) is 7.66. The number of carboxylic acid groups (broad SMARTS) is 1. The third-order valence-corrected chi connectivity index (χ3v) is 6.37. The van der Waals surface area contributed by atoms with Gasteiger partial charge in [0, 0.05) is 37.1 Å². The standard InChI is InChI=1S/C22H19ClFN5O4/c1-33-18-12(23)3-2-4-14(18)27-17-15-19(28-16(17)11-5-6-25-7-13(11)24)22(8-26-20(15)30)9-29(10-22)21(31)32/h2-7,27-28H,8-10H2,1H3,(H,26,30)(H,31,32). The number of pyridine rings is 1. The van der Waals surface area contributed by atoms with Gasteiger partial charge >= 0.3 is 6.09 Å². The normalized spacial score (nSPS) is 16.1. The predicted molar refractivity (Wildman–Crippen MR) is 119 cm³/mol. The lowest BCUT2D eigenvalue weighted by molar-refractivity contribution is 0.0511. The fourth-order valence-electron chi connectivity index (χ4n) is 4.49. The largest absolute Gasteiger partial charge is 0.493 e. The maximum atomic E-state index is 14.8. The van der Waals surface area contributed by atoms with Crippen LogP contribution in [-0.2, 0) is 5.41 Å². The van der Waals surface area contributed by atoms with Gasteiger partial charge in [-0.15, -0.1) is 0 Å². The van der Waals surface area contributed by atoms with E-state index in [4.69, 9.17) is 16.3 Å². The highest BCUT2D eigenvalue weighted by atomic mass is 35.5. The van der Waals surface area contributed by atoms with Gasteiger partial charge in [0.05, 0.1) is 46.4 Å². The van der Waals surface area contributed by atoms with Gasteiger partial charge in [-0.05, 0) is 18.2 Å². The summed E-state index contributed by atoms with van der Waals surface area (Å²) in [6.45, 7) is 0.671. The van der Waals surface area contributed by atoms with Gasteiger partial charge in [0.15, 0.2) is 11.6 Å². The Morgan fingerprint density at radius 1 is 1.36 bits per heavy atom. The molecule has 0 atom stereocenters. The third kappa shape index (κ3) is 3.25. The first kappa shape index (κ1) is 21.1. The van der Waals surface area contributed by atoms with Crippen molar-refractivity contribution >= 4 is 35.0 Å². The van der Waals surface area contributed by atoms with Crippen LogP contribution in [0.3, 0.4) is 0 Å². The molecule has 33 heavy (non-hydrogen) atoms. The molecule has 1 fully saturated rings. The number of hydrogen-bond acceptors (Lipinski definition) is 5. The van der Waals surface area contributed by atoms with Gasteiger partial charge in [-0.2, -0.15) is 0 Å². The van der Waals surface area contributed by atoms with Crippen LogP contribution in [0.15, 0.2) is 36.7 Å². The highest BCUT2D eigenvalue weighted by Crippen LogP contribution is 2.46. The van der Waals surface area contributed by atoms with Crippen molar-refractivity contribution in [3.63, 3.8) is 0 Å². The Morgan fingerprint density at radius 3 is 2.85 bits per heavy atom. The van der Waals surface area contributed by atoms with Crippen molar-refractivity contribution in [3.05, 3.63) is 58.8 Å². The van der Waals surface area contributed by atoms with Crippen LogP contribution >= 0.6 is 11.6 Å². The number of methoxy groups -OCH3 is 1. The lowest BCUT2D eigenvalue weighted by Gasteiger charge is -2.50. The molecule has 2 aliphatic heterocycles. The van der Waals surface area contributed by atoms with Crippen molar-refractivity contribution in [2.75, 3.05) is 32.1 Å². The average Bonchev–Trinajstić information content (AvgIpc) is 3.13. The third-order valence-electron chi connectivity index (χ3n) is 6.07. The van der Waals surface area contributed by atoms with E-state index in [0.717, 1.165) is 6.20 Å². The van der Waals surface area contributed by atoms with Crippen LogP contribution in [0.25, 0.3) is 11.3 Å². The minimum atomic E-state index is -1.03. The highest BCUT2D eigenvalue weighted by Gasteiger charge is 2.53. The van der Waals surface area contributed by atoms with Crippen LogP contribution < -0.4 is 15.4 Å². The number of nitrogens with zero attached hydrogens (tertiary/aromatic N) is 2. The first-order chi connectivity index (χ1) is 15.8. The number of aromatic amines is 1. The maximum absolute atomic E-state index is 14.8. The van der Waals surface area contributed by atoms with Crippen molar-refractivity contribution in [1.82, 2.24) is 20.2 Å². The molecule has 4 N–H and O–H groups in total. The van der Waals surface area contributed by atoms with Crippen molar-refractivity contribution in [2.24, 2.45) is 0 Å². The van der Waals surface area contributed by atoms with E-state index in [1.54, 1.807) is 18.2 Å². The van der Waals surface area contributed by atoms with E-state index in [9.17, 15) is 19.1 Å². The first-order valence-electron chi connectivity index (χ1n) is 10.1. The Balaban J connectivity index is 1.71. The predicted octanol–water partition coefficient (Wildman–Crippen LogP) is 3.60. The van der Waals surface area contributed by atoms with E-state index in [1.807, 2.05) is 0 Å². The highest BCUT2D eigenvalue weighted by molar-refractivity contribution is 6.32. The summed E-state index contributed by atoms with van der Waals surface area (Å²) in [7, 11) is 1.47. The number of nitrogens with one attached hydrogen (secondary N) is 3. The molecule has 1 saturated heterocycles. The molecule has 1 aromatic carbocycles. The number of hydrogen-bond donors (Lipinski definition) is 4. The lowest BCUT2D eigenvalue weighted by atomic mass is 9.73. The average molecular weight is 472 g/mol. The number of carbonyl (C=O) groups is 2. The monoisotopic (exact) mass is 471 g/mol. The molecule has 2 aliphatic rings. The van der Waals surface area contributed by atoms with Gasteiger partial charge in [0.2, 0.25) is 0 Å². The fraction of sp³-hybridized carbons (Fsp3) is 0.227. The SMILES string of the molecule is COc1c(Cl)cccc1Nc1c(-c2ccncc2F)[nH]c2c1C(=O)NCC21CN(C(=O)O)C1. The summed E-state index contributed by atoms with van der Waals surface area (Å²) in [5.41, 5.74) is 1.57. The number of fused-ring (bicyclic) bond motifs is 2. The molecule has 11 heteroatoms. The molecule has 9 nitrogen and oxygen atoms in total. The van der Waals surface area contributed by atoms with E-state index in [0.29, 0.717) is 39.1 Å². The first-order valence-corrected chi connectivity index (χ1v) is 10.4. The van der Waals surface area contributed by atoms with E-state index in [-0.39, 0.29) is 31.1 Å². The number of aromatic nitrogens is 2. The molecular formula is C22H19ClFN5O4. The number of H-pyrrole nitrogens is 1. The van der Waals surface area contributed by atoms with Crippen LogP contribution in [0.2, 0.25) is 5.02 Å². The summed E-state index contributed by atoms with van der Waals surface area (Å²) in [5.74, 6) is -0.570. The summed E-state index contributed by atoms with van der Waals surface area (Å²) in [5, 5.41) is 15.7. The Labute approximate surface area is 192 Å². The maximum Gasteiger partial charge on any atom is 0.407 e. The molecule has 2 aromatic heterocycles. The zero-order valence-electron chi connectivity index (χ0n) is 17.4. The summed E-state index contributed by atoms with van der Waals surface area (Å²) >= 11 is 6.26. The number of benzene rings is 1. The number of halogens is 2. The van der Waals surface area contributed by atoms with Gasteiger partial charge in [-0.3, -0.25) is 9.78 Å². The number of likely N-dealkylation sites (tertiary alicyclic amines) is 1. The Hall–Kier alpha value is -3.79. The number of amides is 2. The molecule has 5 rings (SSSR count). The second-order valence-corrected chi connectivity index (χ2v) is 8.44. The van der Waals surface area contributed by atoms with Gasteiger partial charge in [-0.1, -0.05) is 17.7 Å². The van der Waals surface area contributed by atoms with Crippen molar-refractivity contribution < 1.29 is 23.8 Å². The second-order valence-electron chi connectivity index (χ2n) is 8.03. The van der Waals surface area contributed by atoms with Gasteiger partial charge < -0.3 is 30.4 Å². The lowest BCUT2D eigenvalue weighted by Crippen LogP contribution is -2.67. The molecule has 2 amide bonds. The van der Waals surface area contributed by atoms with E-state index in [2.05, 4.69) is 20.6 Å². The molecule has 0 unspecified atom stereocenters. The molecule has 0 aliphatic carbocycles. The summed E-state index contributed by atoms with van der Waals surface area (Å²) in [4.78, 5) is 32.7. The van der Waals surface area contributed by atoms with E-state index in [1.165, 1.54) is 24.3 Å². The Morgan fingerprint density at radius 2 is 2.15 bits per heavy atom. The molecule has 3 aromatic rings. The van der Waals surface area contributed by atoms with Gasteiger partial charge in [0.25, 0.3) is 5.91 Å². The topological polar surface area (TPSA) is 120 Å². The minimum Gasteiger partial charge on any atom is -0.493 e. The van der Waals surface area contributed by atoms with E-state index < -0.39 is 17.3 Å². The molecule has 4 heterocycles. The number of rotatable bonds is 4.